The molecule has 0 spiro atoms. The van der Waals surface area contributed by atoms with E-state index in [4.69, 9.17) is 11.5 Å². The molecule has 2 atom stereocenters. The predicted octanol–water partition coefficient (Wildman–Crippen LogP) is 1.80. The van der Waals surface area contributed by atoms with Gasteiger partial charge in [0, 0.05) is 16.6 Å². The van der Waals surface area contributed by atoms with E-state index in [2.05, 4.69) is 15.9 Å². The maximum absolute atomic E-state index is 5.86. The van der Waals surface area contributed by atoms with Crippen LogP contribution in [0.5, 0.6) is 0 Å². The van der Waals surface area contributed by atoms with Crippen LogP contribution in [0.4, 0.5) is 0 Å². The van der Waals surface area contributed by atoms with Gasteiger partial charge in [-0.05, 0) is 24.6 Å². The normalized spacial score (nSPS) is 15.7. The van der Waals surface area contributed by atoms with Crippen molar-refractivity contribution >= 4 is 15.9 Å². The smallest absolute Gasteiger partial charge is 0.0446 e. The summed E-state index contributed by atoms with van der Waals surface area (Å²) in [6, 6.07) is 7.81. The fourth-order valence-electron chi connectivity index (χ4n) is 1.02. The minimum Gasteiger partial charge on any atom is -0.326 e. The summed E-state index contributed by atoms with van der Waals surface area (Å²) in [6.07, 6.45) is 0. The highest BCUT2D eigenvalue weighted by Crippen LogP contribution is 2.17. The molecule has 0 aliphatic rings. The average molecular weight is 229 g/mol. The summed E-state index contributed by atoms with van der Waals surface area (Å²) in [5.41, 5.74) is 12.6. The van der Waals surface area contributed by atoms with Gasteiger partial charge in [0.25, 0.3) is 0 Å². The number of rotatable bonds is 2. The molecule has 0 radical (unpaired) electrons. The van der Waals surface area contributed by atoms with Crippen LogP contribution in [0.3, 0.4) is 0 Å². The lowest BCUT2D eigenvalue weighted by atomic mass is 10.0. The third-order valence-electron chi connectivity index (χ3n) is 1.80. The van der Waals surface area contributed by atoms with E-state index in [-0.39, 0.29) is 12.1 Å². The van der Waals surface area contributed by atoms with Crippen LogP contribution in [0.15, 0.2) is 28.7 Å². The third-order valence-corrected chi connectivity index (χ3v) is 2.29. The van der Waals surface area contributed by atoms with E-state index in [9.17, 15) is 0 Å². The molecule has 0 aliphatic carbocycles. The molecular weight excluding hydrogens is 216 g/mol. The van der Waals surface area contributed by atoms with Gasteiger partial charge in [-0.3, -0.25) is 0 Å². The molecule has 3 heteroatoms. The minimum absolute atomic E-state index is 0.0145. The Kier molecular flexibility index (Phi) is 3.26. The molecule has 0 amide bonds. The van der Waals surface area contributed by atoms with Gasteiger partial charge in [0.05, 0.1) is 0 Å². The second-order valence-corrected chi connectivity index (χ2v) is 3.86. The van der Waals surface area contributed by atoms with Gasteiger partial charge in [0.15, 0.2) is 0 Å². The fraction of sp³-hybridized carbons (Fsp3) is 0.333. The minimum atomic E-state index is -0.0810. The molecule has 12 heavy (non-hydrogen) atoms. The van der Waals surface area contributed by atoms with E-state index in [1.807, 2.05) is 31.2 Å². The number of benzene rings is 1. The molecule has 66 valence electrons. The van der Waals surface area contributed by atoms with Crippen LogP contribution in [0.2, 0.25) is 0 Å². The summed E-state index contributed by atoms with van der Waals surface area (Å²) in [5.74, 6) is 0. The van der Waals surface area contributed by atoms with Crippen LogP contribution >= 0.6 is 15.9 Å². The van der Waals surface area contributed by atoms with E-state index in [1.54, 1.807) is 0 Å². The van der Waals surface area contributed by atoms with E-state index < -0.39 is 0 Å². The Hall–Kier alpha value is -0.380. The molecule has 2 nitrogen and oxygen atoms in total. The van der Waals surface area contributed by atoms with Crippen molar-refractivity contribution in [2.45, 2.75) is 19.0 Å². The highest BCUT2D eigenvalue weighted by Gasteiger charge is 2.09. The maximum Gasteiger partial charge on any atom is 0.0446 e. The van der Waals surface area contributed by atoms with Gasteiger partial charge < -0.3 is 11.5 Å². The zero-order chi connectivity index (χ0) is 9.14. The first kappa shape index (κ1) is 9.71. The topological polar surface area (TPSA) is 52.0 Å². The van der Waals surface area contributed by atoms with E-state index in [0.717, 1.165) is 10.0 Å². The van der Waals surface area contributed by atoms with Gasteiger partial charge in [0.2, 0.25) is 0 Å². The number of hydrogen-bond donors (Lipinski definition) is 2. The molecule has 0 aliphatic heterocycles. The molecule has 0 saturated heterocycles. The van der Waals surface area contributed by atoms with Crippen molar-refractivity contribution in [2.24, 2.45) is 11.5 Å². The van der Waals surface area contributed by atoms with Crippen LogP contribution < -0.4 is 11.5 Å². The summed E-state index contributed by atoms with van der Waals surface area (Å²) in [6.45, 7) is 1.91. The Morgan fingerprint density at radius 3 is 2.50 bits per heavy atom. The van der Waals surface area contributed by atoms with Gasteiger partial charge in [-0.25, -0.2) is 0 Å². The van der Waals surface area contributed by atoms with Crippen molar-refractivity contribution in [2.75, 3.05) is 0 Å². The van der Waals surface area contributed by atoms with Gasteiger partial charge in [0.1, 0.15) is 0 Å². The predicted molar refractivity (Wildman–Crippen MR) is 54.7 cm³/mol. The Labute approximate surface area is 81.1 Å². The van der Waals surface area contributed by atoms with Gasteiger partial charge in [-0.15, -0.1) is 0 Å². The van der Waals surface area contributed by atoms with Gasteiger partial charge in [-0.2, -0.15) is 0 Å². The summed E-state index contributed by atoms with van der Waals surface area (Å²) in [5, 5.41) is 0. The van der Waals surface area contributed by atoms with E-state index >= 15 is 0 Å². The monoisotopic (exact) mass is 228 g/mol. The van der Waals surface area contributed by atoms with Crippen LogP contribution in [0.1, 0.15) is 18.5 Å². The molecule has 1 aromatic rings. The molecule has 1 aromatic carbocycles. The van der Waals surface area contributed by atoms with Crippen LogP contribution in [-0.2, 0) is 0 Å². The van der Waals surface area contributed by atoms with Crippen LogP contribution in [-0.4, -0.2) is 6.04 Å². The zero-order valence-corrected chi connectivity index (χ0v) is 8.58. The first-order valence-corrected chi connectivity index (χ1v) is 4.67. The van der Waals surface area contributed by atoms with Crippen molar-refractivity contribution in [1.29, 1.82) is 0 Å². The molecule has 0 fully saturated rings. The van der Waals surface area contributed by atoms with Crippen molar-refractivity contribution in [3.63, 3.8) is 0 Å². The second-order valence-electron chi connectivity index (χ2n) is 2.94. The summed E-state index contributed by atoms with van der Waals surface area (Å²) in [4.78, 5) is 0. The number of halogens is 1. The SMILES string of the molecule is CC(N)C(N)c1cccc(Br)c1. The number of hydrogen-bond acceptors (Lipinski definition) is 2. The highest BCUT2D eigenvalue weighted by atomic mass is 79.9. The maximum atomic E-state index is 5.86. The van der Waals surface area contributed by atoms with Crippen molar-refractivity contribution in [3.05, 3.63) is 34.3 Å². The lowest BCUT2D eigenvalue weighted by Crippen LogP contribution is -2.30. The zero-order valence-electron chi connectivity index (χ0n) is 7.00. The van der Waals surface area contributed by atoms with Crippen LogP contribution in [0.25, 0.3) is 0 Å². The molecule has 2 unspecified atom stereocenters. The summed E-state index contributed by atoms with van der Waals surface area (Å²) < 4.78 is 1.04. The van der Waals surface area contributed by atoms with Crippen molar-refractivity contribution in [1.82, 2.24) is 0 Å². The molecule has 1 rings (SSSR count). The van der Waals surface area contributed by atoms with E-state index in [1.165, 1.54) is 0 Å². The summed E-state index contributed by atoms with van der Waals surface area (Å²) in [7, 11) is 0. The molecule has 0 bridgehead atoms. The van der Waals surface area contributed by atoms with Crippen LogP contribution in [0, 0.1) is 0 Å². The Bertz CT molecular complexity index is 260. The van der Waals surface area contributed by atoms with Crippen molar-refractivity contribution in [3.8, 4) is 0 Å². The largest absolute Gasteiger partial charge is 0.326 e. The quantitative estimate of drug-likeness (QED) is 0.812. The van der Waals surface area contributed by atoms with E-state index in [0.29, 0.717) is 0 Å². The lowest BCUT2D eigenvalue weighted by molar-refractivity contribution is 0.589. The fourth-order valence-corrected chi connectivity index (χ4v) is 1.43. The standard InChI is InChI=1S/C9H13BrN2/c1-6(11)9(12)7-3-2-4-8(10)5-7/h2-6,9H,11-12H2,1H3. The lowest BCUT2D eigenvalue weighted by Gasteiger charge is -2.15. The average Bonchev–Trinajstić information content (AvgIpc) is 2.03. The highest BCUT2D eigenvalue weighted by molar-refractivity contribution is 9.10. The Morgan fingerprint density at radius 2 is 2.00 bits per heavy atom. The van der Waals surface area contributed by atoms with Gasteiger partial charge >= 0.3 is 0 Å². The number of nitrogens with two attached hydrogens (primary N) is 2. The Balaban J connectivity index is 2.88. The molecule has 0 aromatic heterocycles. The van der Waals surface area contributed by atoms with Gasteiger partial charge in [-0.1, -0.05) is 28.1 Å². The second kappa shape index (κ2) is 4.03. The van der Waals surface area contributed by atoms with Crippen molar-refractivity contribution < 1.29 is 0 Å². The first-order valence-electron chi connectivity index (χ1n) is 3.88. The third kappa shape index (κ3) is 2.30. The molecule has 4 N–H and O–H groups in total. The Morgan fingerprint density at radius 1 is 1.33 bits per heavy atom. The molecule has 0 saturated carbocycles. The summed E-state index contributed by atoms with van der Waals surface area (Å²) >= 11 is 3.38. The first-order chi connectivity index (χ1) is 5.61. The molecular formula is C9H13BrN2. The molecule has 0 heterocycles.